The molecule has 0 spiro atoms. The molecule has 2 rings (SSSR count). The van der Waals surface area contributed by atoms with Crippen LogP contribution in [-0.4, -0.2) is 16.5 Å². The van der Waals surface area contributed by atoms with Crippen molar-refractivity contribution in [1.29, 1.82) is 0 Å². The van der Waals surface area contributed by atoms with Gasteiger partial charge in [0.2, 0.25) is 0 Å². The minimum absolute atomic E-state index is 0.510. The molecule has 0 radical (unpaired) electrons. The second kappa shape index (κ2) is 6.17. The summed E-state index contributed by atoms with van der Waals surface area (Å²) in [6, 6.07) is 2.10. The lowest BCUT2D eigenvalue weighted by Gasteiger charge is -2.27. The minimum atomic E-state index is 0.510. The fraction of sp³-hybridized carbons (Fsp3) is 0.733. The van der Waals surface area contributed by atoms with Gasteiger partial charge in [-0.15, -0.1) is 0 Å². The van der Waals surface area contributed by atoms with Gasteiger partial charge in [-0.2, -0.15) is 0 Å². The Morgan fingerprint density at radius 1 is 1.22 bits per heavy atom. The molecule has 1 aromatic heterocycles. The summed E-state index contributed by atoms with van der Waals surface area (Å²) in [5.41, 5.74) is 1.66. The third kappa shape index (κ3) is 3.21. The zero-order valence-electron chi connectivity index (χ0n) is 11.7. The van der Waals surface area contributed by atoms with Gasteiger partial charge in [-0.05, 0) is 31.1 Å². The molecule has 1 aliphatic rings. The highest BCUT2D eigenvalue weighted by Crippen LogP contribution is 2.40. The van der Waals surface area contributed by atoms with Crippen LogP contribution in [0.5, 0.6) is 0 Å². The number of nitrogens with zero attached hydrogens (tertiary/aromatic N) is 2. The first-order valence-electron chi connectivity index (χ1n) is 7.33. The van der Waals surface area contributed by atoms with Gasteiger partial charge in [0.15, 0.2) is 0 Å². The van der Waals surface area contributed by atoms with Gasteiger partial charge in [0.05, 0.1) is 0 Å². The van der Waals surface area contributed by atoms with Gasteiger partial charge in [-0.3, -0.25) is 0 Å². The molecule has 0 aromatic carbocycles. The van der Waals surface area contributed by atoms with Crippen molar-refractivity contribution in [3.05, 3.63) is 18.1 Å². The Balaban J connectivity index is 1.94. The Bertz CT molecular complexity index is 370. The first-order valence-corrected chi connectivity index (χ1v) is 7.33. The normalized spacial score (nSPS) is 17.9. The van der Waals surface area contributed by atoms with E-state index in [1.54, 1.807) is 6.33 Å². The van der Waals surface area contributed by atoms with Crippen LogP contribution in [0, 0.1) is 5.41 Å². The van der Waals surface area contributed by atoms with E-state index in [2.05, 4.69) is 35.2 Å². The van der Waals surface area contributed by atoms with Crippen LogP contribution in [0.25, 0.3) is 0 Å². The molecular weight excluding hydrogens is 222 g/mol. The van der Waals surface area contributed by atoms with E-state index < -0.39 is 0 Å². The molecule has 3 nitrogen and oxygen atoms in total. The van der Waals surface area contributed by atoms with Gasteiger partial charge in [0, 0.05) is 18.3 Å². The van der Waals surface area contributed by atoms with Gasteiger partial charge in [0.1, 0.15) is 12.1 Å². The maximum atomic E-state index is 4.33. The Morgan fingerprint density at radius 3 is 2.67 bits per heavy atom. The van der Waals surface area contributed by atoms with Crippen LogP contribution in [0.15, 0.2) is 12.4 Å². The molecule has 1 aliphatic carbocycles. The molecule has 0 saturated heterocycles. The van der Waals surface area contributed by atoms with Crippen LogP contribution < -0.4 is 5.32 Å². The Hall–Kier alpha value is -1.12. The van der Waals surface area contributed by atoms with Crippen molar-refractivity contribution >= 4 is 5.82 Å². The SMILES string of the molecule is CCCc1cc(NCC2(CC)CCCC2)ncn1. The highest BCUT2D eigenvalue weighted by Gasteiger charge is 2.31. The number of hydrogen-bond donors (Lipinski definition) is 1. The standard InChI is InChI=1S/C15H25N3/c1-3-7-13-10-14(18-12-17-13)16-11-15(4-2)8-5-6-9-15/h10,12H,3-9,11H2,1-2H3,(H,16,17,18). The summed E-state index contributed by atoms with van der Waals surface area (Å²) in [5.74, 6) is 0.994. The molecule has 1 saturated carbocycles. The quantitative estimate of drug-likeness (QED) is 0.830. The van der Waals surface area contributed by atoms with E-state index in [1.807, 2.05) is 0 Å². The smallest absolute Gasteiger partial charge is 0.129 e. The highest BCUT2D eigenvalue weighted by molar-refractivity contribution is 5.35. The zero-order chi connectivity index (χ0) is 12.8. The fourth-order valence-corrected chi connectivity index (χ4v) is 2.95. The molecule has 3 heteroatoms. The van der Waals surface area contributed by atoms with Crippen LogP contribution in [0.3, 0.4) is 0 Å². The van der Waals surface area contributed by atoms with Crippen molar-refractivity contribution in [2.45, 2.75) is 58.8 Å². The molecule has 1 aromatic rings. The minimum Gasteiger partial charge on any atom is -0.369 e. The van der Waals surface area contributed by atoms with E-state index in [0.717, 1.165) is 30.9 Å². The summed E-state index contributed by atoms with van der Waals surface area (Å²) in [6.45, 7) is 5.56. The number of anilines is 1. The van der Waals surface area contributed by atoms with Crippen LogP contribution >= 0.6 is 0 Å². The Labute approximate surface area is 110 Å². The molecular formula is C15H25N3. The lowest BCUT2D eigenvalue weighted by Crippen LogP contribution is -2.26. The van der Waals surface area contributed by atoms with E-state index in [-0.39, 0.29) is 0 Å². The van der Waals surface area contributed by atoms with Gasteiger partial charge in [-0.25, -0.2) is 9.97 Å². The summed E-state index contributed by atoms with van der Waals surface area (Å²) >= 11 is 0. The van der Waals surface area contributed by atoms with Gasteiger partial charge >= 0.3 is 0 Å². The van der Waals surface area contributed by atoms with Crippen molar-refractivity contribution in [2.24, 2.45) is 5.41 Å². The third-order valence-corrected chi connectivity index (χ3v) is 4.29. The summed E-state index contributed by atoms with van der Waals surface area (Å²) in [4.78, 5) is 8.62. The number of nitrogens with one attached hydrogen (secondary N) is 1. The van der Waals surface area contributed by atoms with Crippen molar-refractivity contribution in [1.82, 2.24) is 9.97 Å². The van der Waals surface area contributed by atoms with E-state index in [1.165, 1.54) is 32.1 Å². The molecule has 0 aliphatic heterocycles. The van der Waals surface area contributed by atoms with E-state index in [4.69, 9.17) is 0 Å². The largest absolute Gasteiger partial charge is 0.369 e. The molecule has 1 N–H and O–H groups in total. The van der Waals surface area contributed by atoms with Crippen molar-refractivity contribution in [3.63, 3.8) is 0 Å². The first-order chi connectivity index (χ1) is 8.78. The lowest BCUT2D eigenvalue weighted by atomic mass is 9.83. The first kappa shape index (κ1) is 13.3. The van der Waals surface area contributed by atoms with Crippen molar-refractivity contribution in [2.75, 3.05) is 11.9 Å². The van der Waals surface area contributed by atoms with Crippen LogP contribution in [0.1, 0.15) is 58.1 Å². The van der Waals surface area contributed by atoms with Crippen LogP contribution in [0.2, 0.25) is 0 Å². The Morgan fingerprint density at radius 2 is 2.00 bits per heavy atom. The van der Waals surface area contributed by atoms with E-state index in [0.29, 0.717) is 5.41 Å². The number of rotatable bonds is 6. The molecule has 0 unspecified atom stereocenters. The van der Waals surface area contributed by atoms with E-state index >= 15 is 0 Å². The molecule has 1 fully saturated rings. The molecule has 100 valence electrons. The maximum Gasteiger partial charge on any atom is 0.129 e. The summed E-state index contributed by atoms with van der Waals surface area (Å²) in [6.07, 6.45) is 10.6. The average Bonchev–Trinajstić information content (AvgIpc) is 2.87. The summed E-state index contributed by atoms with van der Waals surface area (Å²) < 4.78 is 0. The second-order valence-corrected chi connectivity index (χ2v) is 5.56. The van der Waals surface area contributed by atoms with Gasteiger partial charge < -0.3 is 5.32 Å². The Kier molecular flexibility index (Phi) is 4.56. The number of aryl methyl sites for hydroxylation is 1. The monoisotopic (exact) mass is 247 g/mol. The van der Waals surface area contributed by atoms with Gasteiger partial charge in [-0.1, -0.05) is 33.1 Å². The molecule has 18 heavy (non-hydrogen) atoms. The highest BCUT2D eigenvalue weighted by atomic mass is 15.0. The predicted octanol–water partition coefficient (Wildman–Crippen LogP) is 3.81. The maximum absolute atomic E-state index is 4.33. The molecule has 0 amide bonds. The molecule has 0 atom stereocenters. The molecule has 1 heterocycles. The van der Waals surface area contributed by atoms with Crippen LogP contribution in [-0.2, 0) is 6.42 Å². The van der Waals surface area contributed by atoms with Crippen molar-refractivity contribution in [3.8, 4) is 0 Å². The fourth-order valence-electron chi connectivity index (χ4n) is 2.95. The van der Waals surface area contributed by atoms with Gasteiger partial charge in [0.25, 0.3) is 0 Å². The number of aromatic nitrogens is 2. The summed E-state index contributed by atoms with van der Waals surface area (Å²) in [7, 11) is 0. The number of hydrogen-bond acceptors (Lipinski definition) is 3. The average molecular weight is 247 g/mol. The van der Waals surface area contributed by atoms with E-state index in [9.17, 15) is 0 Å². The van der Waals surface area contributed by atoms with Crippen molar-refractivity contribution < 1.29 is 0 Å². The zero-order valence-corrected chi connectivity index (χ0v) is 11.7. The lowest BCUT2D eigenvalue weighted by molar-refractivity contribution is 0.306. The van der Waals surface area contributed by atoms with Crippen LogP contribution in [0.4, 0.5) is 5.82 Å². The third-order valence-electron chi connectivity index (χ3n) is 4.29. The summed E-state index contributed by atoms with van der Waals surface area (Å²) in [5, 5.41) is 3.53. The predicted molar refractivity (Wildman–Crippen MR) is 75.7 cm³/mol. The topological polar surface area (TPSA) is 37.8 Å². The molecule has 0 bridgehead atoms. The second-order valence-electron chi connectivity index (χ2n) is 5.56.